The minimum atomic E-state index is -0.559. The molecule has 0 unspecified atom stereocenters. The highest BCUT2D eigenvalue weighted by molar-refractivity contribution is 6.05. The van der Waals surface area contributed by atoms with E-state index in [9.17, 15) is 14.4 Å². The predicted molar refractivity (Wildman–Crippen MR) is 104 cm³/mol. The summed E-state index contributed by atoms with van der Waals surface area (Å²) >= 11 is 0. The van der Waals surface area contributed by atoms with Crippen LogP contribution in [0.25, 0.3) is 11.0 Å². The topological polar surface area (TPSA) is 100 Å². The van der Waals surface area contributed by atoms with Gasteiger partial charge in [0.25, 0.3) is 11.5 Å². The lowest BCUT2D eigenvalue weighted by atomic mass is 10.0. The number of fused-ring (bicyclic) bond motifs is 1. The number of aryl methyl sites for hydroxylation is 1. The molecule has 146 valence electrons. The summed E-state index contributed by atoms with van der Waals surface area (Å²) in [7, 11) is 1.93. The van der Waals surface area contributed by atoms with Crippen LogP contribution in [-0.4, -0.2) is 51.5 Å². The number of carbonyl (C=O) groups excluding carboxylic acids is 1. The van der Waals surface area contributed by atoms with E-state index in [-0.39, 0.29) is 22.9 Å². The molecule has 3 heterocycles. The average Bonchev–Trinajstić information content (AvgIpc) is 2.66. The fraction of sp³-hybridized carbons (Fsp3) is 0.579. The number of nitrogens with one attached hydrogen (secondary N) is 2. The number of aromatic amines is 1. The van der Waals surface area contributed by atoms with Crippen LogP contribution in [0, 0.1) is 0 Å². The van der Waals surface area contributed by atoms with Gasteiger partial charge in [-0.05, 0) is 38.8 Å². The van der Waals surface area contributed by atoms with Gasteiger partial charge in [0.15, 0.2) is 5.65 Å². The van der Waals surface area contributed by atoms with Crippen LogP contribution in [-0.2, 0) is 6.54 Å². The summed E-state index contributed by atoms with van der Waals surface area (Å²) in [5.74, 6) is -0.110. The molecule has 0 aliphatic carbocycles. The van der Waals surface area contributed by atoms with E-state index in [1.54, 1.807) is 11.0 Å². The van der Waals surface area contributed by atoms with Crippen molar-refractivity contribution in [2.45, 2.75) is 52.1 Å². The molecular formula is C19H27N5O3. The molecule has 1 amide bonds. The second-order valence-corrected chi connectivity index (χ2v) is 7.31. The lowest BCUT2D eigenvalue weighted by Crippen LogP contribution is -2.44. The molecule has 0 saturated carbocycles. The molecule has 8 nitrogen and oxygen atoms in total. The van der Waals surface area contributed by atoms with Crippen LogP contribution >= 0.6 is 0 Å². The van der Waals surface area contributed by atoms with Crippen molar-refractivity contribution in [1.29, 1.82) is 0 Å². The third-order valence-electron chi connectivity index (χ3n) is 5.30. The zero-order valence-corrected chi connectivity index (χ0v) is 16.3. The third kappa shape index (κ3) is 3.53. The maximum atomic E-state index is 13.3. The molecule has 0 aromatic carbocycles. The number of aromatic nitrogens is 3. The van der Waals surface area contributed by atoms with Crippen LogP contribution in [0.5, 0.6) is 0 Å². The largest absolute Gasteiger partial charge is 0.339 e. The molecule has 3 rings (SSSR count). The van der Waals surface area contributed by atoms with Crippen LogP contribution in [0.4, 0.5) is 0 Å². The summed E-state index contributed by atoms with van der Waals surface area (Å²) in [5.41, 5.74) is 0.247. The first-order valence-electron chi connectivity index (χ1n) is 9.51. The standard InChI is InChI=1S/C19H27N5O3/c1-5-24-16-15(17(25)22-19(24)27)13(10-14(21-16)11(2)3)18(26)23-8-6-12(20-4)7-9-23/h10-12,20H,5-9H2,1-4H3,(H,22,25,27). The Kier molecular flexibility index (Phi) is 5.46. The van der Waals surface area contributed by atoms with Gasteiger partial charge in [0.1, 0.15) is 0 Å². The maximum absolute atomic E-state index is 13.3. The number of pyridine rings is 1. The molecule has 2 aromatic rings. The highest BCUT2D eigenvalue weighted by Gasteiger charge is 2.27. The minimum absolute atomic E-state index is 0.0654. The summed E-state index contributed by atoms with van der Waals surface area (Å²) in [4.78, 5) is 46.7. The van der Waals surface area contributed by atoms with Gasteiger partial charge in [-0.1, -0.05) is 13.8 Å². The number of piperidine rings is 1. The van der Waals surface area contributed by atoms with Crippen LogP contribution in [0.3, 0.4) is 0 Å². The minimum Gasteiger partial charge on any atom is -0.339 e. The van der Waals surface area contributed by atoms with Gasteiger partial charge in [0.2, 0.25) is 0 Å². The normalized spacial score (nSPS) is 15.7. The van der Waals surface area contributed by atoms with Gasteiger partial charge in [-0.25, -0.2) is 9.78 Å². The Morgan fingerprint density at radius 3 is 2.56 bits per heavy atom. The van der Waals surface area contributed by atoms with E-state index < -0.39 is 11.2 Å². The van der Waals surface area contributed by atoms with Gasteiger partial charge in [0, 0.05) is 31.4 Å². The van der Waals surface area contributed by atoms with E-state index in [2.05, 4.69) is 15.3 Å². The van der Waals surface area contributed by atoms with Crippen molar-refractivity contribution in [3.63, 3.8) is 0 Å². The summed E-state index contributed by atoms with van der Waals surface area (Å²) in [6, 6.07) is 2.11. The Balaban J connectivity index is 2.18. The Morgan fingerprint density at radius 2 is 2.00 bits per heavy atom. The van der Waals surface area contributed by atoms with Crippen LogP contribution in [0.1, 0.15) is 55.6 Å². The lowest BCUT2D eigenvalue weighted by Gasteiger charge is -2.32. The quantitative estimate of drug-likeness (QED) is 0.834. The lowest BCUT2D eigenvalue weighted by molar-refractivity contribution is 0.0709. The van der Waals surface area contributed by atoms with Crippen molar-refractivity contribution < 1.29 is 4.79 Å². The number of carbonyl (C=O) groups is 1. The van der Waals surface area contributed by atoms with Crippen molar-refractivity contribution in [2.75, 3.05) is 20.1 Å². The smallest absolute Gasteiger partial charge is 0.329 e. The van der Waals surface area contributed by atoms with Crippen molar-refractivity contribution in [3.8, 4) is 0 Å². The molecule has 1 aliphatic rings. The van der Waals surface area contributed by atoms with Gasteiger partial charge in [-0.2, -0.15) is 0 Å². The second-order valence-electron chi connectivity index (χ2n) is 7.31. The van der Waals surface area contributed by atoms with E-state index in [0.717, 1.165) is 12.8 Å². The zero-order valence-electron chi connectivity index (χ0n) is 16.3. The molecule has 27 heavy (non-hydrogen) atoms. The van der Waals surface area contributed by atoms with Gasteiger partial charge in [-0.3, -0.25) is 19.1 Å². The fourth-order valence-electron chi connectivity index (χ4n) is 3.59. The van der Waals surface area contributed by atoms with Crippen LogP contribution in [0.2, 0.25) is 0 Å². The summed E-state index contributed by atoms with van der Waals surface area (Å²) in [6.45, 7) is 7.40. The fourth-order valence-corrected chi connectivity index (χ4v) is 3.59. The Hall–Kier alpha value is -2.48. The molecular weight excluding hydrogens is 346 g/mol. The number of H-pyrrole nitrogens is 1. The summed E-state index contributed by atoms with van der Waals surface area (Å²) in [6.07, 6.45) is 1.75. The van der Waals surface area contributed by atoms with Gasteiger partial charge in [-0.15, -0.1) is 0 Å². The van der Waals surface area contributed by atoms with Crippen molar-refractivity contribution in [3.05, 3.63) is 38.2 Å². The van der Waals surface area contributed by atoms with Gasteiger partial charge >= 0.3 is 5.69 Å². The zero-order chi connectivity index (χ0) is 19.7. The summed E-state index contributed by atoms with van der Waals surface area (Å²) < 4.78 is 1.41. The predicted octanol–water partition coefficient (Wildman–Crippen LogP) is 1.05. The molecule has 0 atom stereocenters. The molecule has 0 bridgehead atoms. The van der Waals surface area contributed by atoms with Crippen LogP contribution < -0.4 is 16.6 Å². The maximum Gasteiger partial charge on any atom is 0.329 e. The SMILES string of the molecule is CCn1c(=O)[nH]c(=O)c2c(C(=O)N3CCC(NC)CC3)cc(C(C)C)nc21. The van der Waals surface area contributed by atoms with Crippen molar-refractivity contribution in [1.82, 2.24) is 24.8 Å². The number of hydrogen-bond donors (Lipinski definition) is 2. The van der Waals surface area contributed by atoms with E-state index >= 15 is 0 Å². The molecule has 0 spiro atoms. The number of nitrogens with zero attached hydrogens (tertiary/aromatic N) is 3. The summed E-state index contributed by atoms with van der Waals surface area (Å²) in [5, 5.41) is 3.44. The second kappa shape index (κ2) is 7.64. The molecule has 2 N–H and O–H groups in total. The Bertz CT molecular complexity index is 968. The van der Waals surface area contributed by atoms with Crippen molar-refractivity contribution in [2.24, 2.45) is 0 Å². The first-order chi connectivity index (χ1) is 12.9. The van der Waals surface area contributed by atoms with Crippen molar-refractivity contribution >= 4 is 16.9 Å². The monoisotopic (exact) mass is 373 g/mol. The van der Waals surface area contributed by atoms with E-state index in [1.807, 2.05) is 27.8 Å². The Morgan fingerprint density at radius 1 is 1.33 bits per heavy atom. The Labute approximate surface area is 157 Å². The van der Waals surface area contributed by atoms with Gasteiger partial charge in [0.05, 0.1) is 10.9 Å². The molecule has 2 aromatic heterocycles. The molecule has 1 fully saturated rings. The van der Waals surface area contributed by atoms with E-state index in [1.165, 1.54) is 4.57 Å². The number of likely N-dealkylation sites (tertiary alicyclic amines) is 1. The average molecular weight is 373 g/mol. The first-order valence-corrected chi connectivity index (χ1v) is 9.51. The van der Waals surface area contributed by atoms with E-state index in [0.29, 0.717) is 36.9 Å². The highest BCUT2D eigenvalue weighted by Crippen LogP contribution is 2.22. The molecule has 1 aliphatic heterocycles. The third-order valence-corrected chi connectivity index (χ3v) is 5.30. The molecule has 0 radical (unpaired) electrons. The number of rotatable bonds is 4. The number of hydrogen-bond acceptors (Lipinski definition) is 5. The molecule has 1 saturated heterocycles. The van der Waals surface area contributed by atoms with Crippen LogP contribution in [0.15, 0.2) is 15.7 Å². The first kappa shape index (κ1) is 19.3. The van der Waals surface area contributed by atoms with E-state index in [4.69, 9.17) is 0 Å². The number of amides is 1. The highest BCUT2D eigenvalue weighted by atomic mass is 16.2. The molecule has 8 heteroatoms. The van der Waals surface area contributed by atoms with Gasteiger partial charge < -0.3 is 10.2 Å².